The molecule has 2 rings (SSSR count). The number of aromatic nitrogens is 3. The van der Waals surface area contributed by atoms with Crippen LogP contribution in [0.5, 0.6) is 0 Å². The first-order valence-electron chi connectivity index (χ1n) is 7.17. The number of amides is 1. The van der Waals surface area contributed by atoms with Crippen LogP contribution in [-0.2, 0) is 18.4 Å². The van der Waals surface area contributed by atoms with E-state index in [0.717, 1.165) is 36.9 Å². The molecule has 1 aromatic heterocycles. The van der Waals surface area contributed by atoms with E-state index < -0.39 is 0 Å². The molecule has 1 aliphatic heterocycles. The minimum atomic E-state index is -0.137. The molecular formula is C13H23N5OS. The number of rotatable bonds is 4. The number of hydrogen-bond acceptors (Lipinski definition) is 5. The summed E-state index contributed by atoms with van der Waals surface area (Å²) in [5.74, 6) is 0.941. The third-order valence-corrected chi connectivity index (χ3v) is 4.78. The van der Waals surface area contributed by atoms with Gasteiger partial charge in [-0.2, -0.15) is 0 Å². The highest BCUT2D eigenvalue weighted by Crippen LogP contribution is 2.23. The standard InChI is InChI=1S/C13H23N5OS/c1-10(12(19)18-7-5-3-4-6-8-18)20-13-16-15-11(9-14)17(13)2/h10H,3-9,14H2,1-2H3. The number of carbonyl (C=O) groups is 1. The number of likely N-dealkylation sites (tertiary alicyclic amines) is 1. The zero-order chi connectivity index (χ0) is 14.5. The lowest BCUT2D eigenvalue weighted by Crippen LogP contribution is -2.37. The molecule has 0 aromatic carbocycles. The molecule has 20 heavy (non-hydrogen) atoms. The molecule has 2 heterocycles. The van der Waals surface area contributed by atoms with Gasteiger partial charge in [-0.05, 0) is 19.8 Å². The second-order valence-corrected chi connectivity index (χ2v) is 6.47. The lowest BCUT2D eigenvalue weighted by atomic mass is 10.2. The number of nitrogens with two attached hydrogens (primary N) is 1. The lowest BCUT2D eigenvalue weighted by molar-refractivity contribution is -0.130. The summed E-state index contributed by atoms with van der Waals surface area (Å²) in [4.78, 5) is 14.5. The number of thioether (sulfide) groups is 1. The maximum absolute atomic E-state index is 12.5. The molecule has 0 spiro atoms. The van der Waals surface area contributed by atoms with E-state index in [-0.39, 0.29) is 11.2 Å². The van der Waals surface area contributed by atoms with Crippen molar-refractivity contribution in [2.24, 2.45) is 12.8 Å². The summed E-state index contributed by atoms with van der Waals surface area (Å²) in [5.41, 5.74) is 5.58. The molecule has 0 aliphatic carbocycles. The Morgan fingerprint density at radius 3 is 2.50 bits per heavy atom. The third-order valence-electron chi connectivity index (χ3n) is 3.66. The van der Waals surface area contributed by atoms with E-state index in [1.807, 2.05) is 23.4 Å². The van der Waals surface area contributed by atoms with Gasteiger partial charge in [-0.3, -0.25) is 4.79 Å². The molecule has 2 N–H and O–H groups in total. The average molecular weight is 297 g/mol. The Morgan fingerprint density at radius 2 is 1.95 bits per heavy atom. The fraction of sp³-hybridized carbons (Fsp3) is 0.769. The first kappa shape index (κ1) is 15.3. The first-order valence-corrected chi connectivity index (χ1v) is 8.05. The van der Waals surface area contributed by atoms with Gasteiger partial charge in [0.1, 0.15) is 5.82 Å². The Balaban J connectivity index is 1.97. The van der Waals surface area contributed by atoms with E-state index in [4.69, 9.17) is 5.73 Å². The average Bonchev–Trinajstić information content (AvgIpc) is 2.68. The smallest absolute Gasteiger partial charge is 0.235 e. The minimum Gasteiger partial charge on any atom is -0.342 e. The minimum absolute atomic E-state index is 0.137. The van der Waals surface area contributed by atoms with Gasteiger partial charge in [-0.25, -0.2) is 0 Å². The summed E-state index contributed by atoms with van der Waals surface area (Å²) >= 11 is 1.46. The number of hydrogen-bond donors (Lipinski definition) is 1. The Kier molecular flexibility index (Phi) is 5.42. The molecular weight excluding hydrogens is 274 g/mol. The predicted octanol–water partition coefficient (Wildman–Crippen LogP) is 1.16. The Morgan fingerprint density at radius 1 is 1.30 bits per heavy atom. The van der Waals surface area contributed by atoms with Crippen molar-refractivity contribution in [1.29, 1.82) is 0 Å². The van der Waals surface area contributed by atoms with Crippen molar-refractivity contribution in [3.05, 3.63) is 5.82 Å². The highest BCUT2D eigenvalue weighted by atomic mass is 32.2. The summed E-state index contributed by atoms with van der Waals surface area (Å²) in [7, 11) is 1.88. The predicted molar refractivity (Wildman–Crippen MR) is 79.3 cm³/mol. The second-order valence-electron chi connectivity index (χ2n) is 5.16. The molecule has 1 amide bonds. The van der Waals surface area contributed by atoms with Gasteiger partial charge in [-0.1, -0.05) is 24.6 Å². The fourth-order valence-corrected chi connectivity index (χ4v) is 3.30. The van der Waals surface area contributed by atoms with Crippen LogP contribution < -0.4 is 5.73 Å². The van der Waals surface area contributed by atoms with Crippen molar-refractivity contribution in [2.75, 3.05) is 13.1 Å². The van der Waals surface area contributed by atoms with Crippen molar-refractivity contribution in [1.82, 2.24) is 19.7 Å². The van der Waals surface area contributed by atoms with Gasteiger partial charge in [0.15, 0.2) is 5.16 Å². The van der Waals surface area contributed by atoms with E-state index in [1.54, 1.807) is 0 Å². The normalized spacial score (nSPS) is 17.9. The maximum atomic E-state index is 12.5. The van der Waals surface area contributed by atoms with Gasteiger partial charge < -0.3 is 15.2 Å². The molecule has 6 nitrogen and oxygen atoms in total. The van der Waals surface area contributed by atoms with E-state index in [0.29, 0.717) is 6.54 Å². The van der Waals surface area contributed by atoms with E-state index in [1.165, 1.54) is 24.6 Å². The van der Waals surface area contributed by atoms with Crippen molar-refractivity contribution < 1.29 is 4.79 Å². The van der Waals surface area contributed by atoms with Gasteiger partial charge in [0.2, 0.25) is 5.91 Å². The van der Waals surface area contributed by atoms with Crippen LogP contribution in [0.4, 0.5) is 0 Å². The van der Waals surface area contributed by atoms with Crippen LogP contribution in [0.3, 0.4) is 0 Å². The molecule has 1 fully saturated rings. The van der Waals surface area contributed by atoms with E-state index >= 15 is 0 Å². The molecule has 112 valence electrons. The molecule has 1 saturated heterocycles. The molecule has 1 aromatic rings. The van der Waals surface area contributed by atoms with Crippen molar-refractivity contribution >= 4 is 17.7 Å². The molecule has 0 saturated carbocycles. The van der Waals surface area contributed by atoms with Crippen LogP contribution in [0.2, 0.25) is 0 Å². The summed E-state index contributed by atoms with van der Waals surface area (Å²) in [6.07, 6.45) is 4.69. The van der Waals surface area contributed by atoms with Gasteiger partial charge in [-0.15, -0.1) is 10.2 Å². The fourth-order valence-electron chi connectivity index (χ4n) is 2.38. The highest BCUT2D eigenvalue weighted by Gasteiger charge is 2.24. The zero-order valence-corrected chi connectivity index (χ0v) is 13.0. The zero-order valence-electron chi connectivity index (χ0n) is 12.2. The summed E-state index contributed by atoms with van der Waals surface area (Å²) < 4.78 is 1.86. The van der Waals surface area contributed by atoms with Crippen LogP contribution in [0.25, 0.3) is 0 Å². The third kappa shape index (κ3) is 3.52. The molecule has 0 radical (unpaired) electrons. The van der Waals surface area contributed by atoms with Crippen LogP contribution in [0.15, 0.2) is 5.16 Å². The second kappa shape index (κ2) is 7.08. The number of carbonyl (C=O) groups excluding carboxylic acids is 1. The monoisotopic (exact) mass is 297 g/mol. The van der Waals surface area contributed by atoms with Crippen LogP contribution in [0, 0.1) is 0 Å². The topological polar surface area (TPSA) is 77.0 Å². The van der Waals surface area contributed by atoms with Crippen LogP contribution in [-0.4, -0.2) is 43.9 Å². The van der Waals surface area contributed by atoms with Crippen molar-refractivity contribution in [3.63, 3.8) is 0 Å². The first-order chi connectivity index (χ1) is 9.63. The highest BCUT2D eigenvalue weighted by molar-refractivity contribution is 8.00. The number of nitrogens with zero attached hydrogens (tertiary/aromatic N) is 4. The Labute approximate surface area is 124 Å². The van der Waals surface area contributed by atoms with Crippen molar-refractivity contribution in [3.8, 4) is 0 Å². The summed E-state index contributed by atoms with van der Waals surface area (Å²) in [6, 6.07) is 0. The van der Waals surface area contributed by atoms with E-state index in [2.05, 4.69) is 10.2 Å². The van der Waals surface area contributed by atoms with Crippen molar-refractivity contribution in [2.45, 2.75) is 49.6 Å². The molecule has 7 heteroatoms. The molecule has 0 bridgehead atoms. The van der Waals surface area contributed by atoms with Gasteiger partial charge >= 0.3 is 0 Å². The summed E-state index contributed by atoms with van der Waals surface area (Å²) in [6.45, 7) is 4.07. The molecule has 1 aliphatic rings. The Bertz CT molecular complexity index is 454. The Hall–Kier alpha value is -1.08. The van der Waals surface area contributed by atoms with Gasteiger partial charge in [0, 0.05) is 20.1 Å². The summed E-state index contributed by atoms with van der Waals surface area (Å²) in [5, 5.41) is 8.73. The van der Waals surface area contributed by atoms with Gasteiger partial charge in [0.05, 0.1) is 11.8 Å². The molecule has 1 unspecified atom stereocenters. The quantitative estimate of drug-likeness (QED) is 0.844. The van der Waals surface area contributed by atoms with E-state index in [9.17, 15) is 4.79 Å². The van der Waals surface area contributed by atoms with Gasteiger partial charge in [0.25, 0.3) is 0 Å². The SMILES string of the molecule is CC(Sc1nnc(CN)n1C)C(=O)N1CCCCCC1. The lowest BCUT2D eigenvalue weighted by Gasteiger charge is -2.23. The molecule has 1 atom stereocenters. The largest absolute Gasteiger partial charge is 0.342 e. The van der Waals surface area contributed by atoms with Crippen LogP contribution in [0.1, 0.15) is 38.4 Å². The maximum Gasteiger partial charge on any atom is 0.235 e. The van der Waals surface area contributed by atoms with Crippen LogP contribution >= 0.6 is 11.8 Å².